The summed E-state index contributed by atoms with van der Waals surface area (Å²) in [7, 11) is 0. The molecule has 0 bridgehead atoms. The number of para-hydroxylation sites is 1. The van der Waals surface area contributed by atoms with Gasteiger partial charge in [-0.25, -0.2) is 0 Å². The summed E-state index contributed by atoms with van der Waals surface area (Å²) >= 11 is 0. The van der Waals surface area contributed by atoms with Gasteiger partial charge in [0.15, 0.2) is 0 Å². The molecule has 0 aliphatic rings. The van der Waals surface area contributed by atoms with Crippen LogP contribution in [0.15, 0.2) is 36.9 Å². The summed E-state index contributed by atoms with van der Waals surface area (Å²) in [5, 5.41) is 3.36. The first kappa shape index (κ1) is 14.3. The van der Waals surface area contributed by atoms with Crippen molar-refractivity contribution in [3.05, 3.63) is 42.5 Å². The summed E-state index contributed by atoms with van der Waals surface area (Å²) < 4.78 is 5.60. The molecule has 0 amide bonds. The highest BCUT2D eigenvalue weighted by molar-refractivity contribution is 5.33. The molecule has 1 aromatic rings. The fraction of sp³-hybridized carbons (Fsp3) is 0.375. The number of hydrogen-bond donors (Lipinski definition) is 1. The van der Waals surface area contributed by atoms with Crippen LogP contribution in [-0.4, -0.2) is 12.6 Å². The highest BCUT2D eigenvalue weighted by Crippen LogP contribution is 2.18. The van der Waals surface area contributed by atoms with Crippen LogP contribution >= 0.6 is 0 Å². The van der Waals surface area contributed by atoms with Crippen LogP contribution in [0.5, 0.6) is 5.75 Å². The number of benzene rings is 1. The Hall–Kier alpha value is -1.72. The van der Waals surface area contributed by atoms with E-state index < -0.39 is 0 Å². The van der Waals surface area contributed by atoms with Gasteiger partial charge in [-0.15, -0.1) is 6.42 Å². The molecule has 1 unspecified atom stereocenters. The van der Waals surface area contributed by atoms with Crippen LogP contribution in [0.3, 0.4) is 0 Å². The second-order valence-corrected chi connectivity index (χ2v) is 4.10. The van der Waals surface area contributed by atoms with Crippen molar-refractivity contribution >= 4 is 0 Å². The van der Waals surface area contributed by atoms with Gasteiger partial charge in [0.05, 0.1) is 6.04 Å². The minimum absolute atomic E-state index is 0.127. The van der Waals surface area contributed by atoms with E-state index in [9.17, 15) is 0 Å². The highest BCUT2D eigenvalue weighted by atomic mass is 16.5. The Kier molecular flexibility index (Phi) is 6.68. The zero-order valence-corrected chi connectivity index (χ0v) is 11.0. The quantitative estimate of drug-likeness (QED) is 0.559. The predicted molar refractivity (Wildman–Crippen MR) is 76.5 cm³/mol. The number of ether oxygens (including phenoxy) is 1. The van der Waals surface area contributed by atoms with Crippen molar-refractivity contribution in [1.82, 2.24) is 5.32 Å². The van der Waals surface area contributed by atoms with Crippen molar-refractivity contribution in [3.63, 3.8) is 0 Å². The van der Waals surface area contributed by atoms with E-state index in [2.05, 4.69) is 24.7 Å². The van der Waals surface area contributed by atoms with Gasteiger partial charge in [0.25, 0.3) is 0 Å². The Morgan fingerprint density at radius 2 is 2.28 bits per heavy atom. The highest BCUT2D eigenvalue weighted by Gasteiger charge is 2.06. The van der Waals surface area contributed by atoms with Crippen LogP contribution in [0.25, 0.3) is 0 Å². The number of terminal acetylenes is 1. The molecule has 0 fully saturated rings. The predicted octanol–water partition coefficient (Wildman–Crippen LogP) is 3.14. The third kappa shape index (κ3) is 4.65. The third-order valence-corrected chi connectivity index (χ3v) is 2.65. The molecule has 0 saturated carbocycles. The van der Waals surface area contributed by atoms with Gasteiger partial charge < -0.3 is 4.74 Å². The molecule has 2 nitrogen and oxygen atoms in total. The first-order valence-corrected chi connectivity index (χ1v) is 6.33. The molecule has 0 heterocycles. The van der Waals surface area contributed by atoms with Crippen molar-refractivity contribution in [3.8, 4) is 18.1 Å². The normalized spacial score (nSPS) is 11.6. The SMILES string of the molecule is C#CC(CCC)NCc1ccccc1OCC=C. The van der Waals surface area contributed by atoms with E-state index in [0.29, 0.717) is 6.61 Å². The van der Waals surface area contributed by atoms with E-state index in [4.69, 9.17) is 11.2 Å². The van der Waals surface area contributed by atoms with Crippen LogP contribution in [-0.2, 0) is 6.54 Å². The molecule has 96 valence electrons. The minimum Gasteiger partial charge on any atom is -0.489 e. The molecule has 18 heavy (non-hydrogen) atoms. The van der Waals surface area contributed by atoms with Crippen molar-refractivity contribution in [2.75, 3.05) is 6.61 Å². The van der Waals surface area contributed by atoms with Crippen LogP contribution < -0.4 is 10.1 Å². The Balaban J connectivity index is 2.60. The van der Waals surface area contributed by atoms with Crippen molar-refractivity contribution in [2.45, 2.75) is 32.4 Å². The van der Waals surface area contributed by atoms with Crippen LogP contribution in [0, 0.1) is 12.3 Å². The fourth-order valence-corrected chi connectivity index (χ4v) is 1.71. The summed E-state index contributed by atoms with van der Waals surface area (Å²) in [6.07, 6.45) is 9.30. The average Bonchev–Trinajstić information content (AvgIpc) is 2.42. The lowest BCUT2D eigenvalue weighted by Crippen LogP contribution is -2.27. The molecular weight excluding hydrogens is 222 g/mol. The van der Waals surface area contributed by atoms with Gasteiger partial charge in [0.2, 0.25) is 0 Å². The zero-order valence-electron chi connectivity index (χ0n) is 11.0. The van der Waals surface area contributed by atoms with Gasteiger partial charge in [0.1, 0.15) is 12.4 Å². The maximum absolute atomic E-state index is 5.60. The second-order valence-electron chi connectivity index (χ2n) is 4.10. The molecule has 0 aliphatic heterocycles. The fourth-order valence-electron chi connectivity index (χ4n) is 1.71. The van der Waals surface area contributed by atoms with E-state index in [0.717, 1.165) is 30.7 Å². The molecular formula is C16H21NO. The van der Waals surface area contributed by atoms with Crippen molar-refractivity contribution in [2.24, 2.45) is 0 Å². The maximum Gasteiger partial charge on any atom is 0.124 e. The molecule has 1 rings (SSSR count). The lowest BCUT2D eigenvalue weighted by atomic mass is 10.1. The van der Waals surface area contributed by atoms with Crippen molar-refractivity contribution in [1.29, 1.82) is 0 Å². The Morgan fingerprint density at radius 3 is 2.94 bits per heavy atom. The maximum atomic E-state index is 5.60. The molecule has 0 radical (unpaired) electrons. The molecule has 0 aromatic heterocycles. The second kappa shape index (κ2) is 8.38. The van der Waals surface area contributed by atoms with Crippen molar-refractivity contribution < 1.29 is 4.74 Å². The van der Waals surface area contributed by atoms with E-state index in [1.807, 2.05) is 24.3 Å². The molecule has 1 atom stereocenters. The molecule has 2 heteroatoms. The van der Waals surface area contributed by atoms with Gasteiger partial charge in [-0.2, -0.15) is 0 Å². The third-order valence-electron chi connectivity index (χ3n) is 2.65. The lowest BCUT2D eigenvalue weighted by Gasteiger charge is -2.14. The lowest BCUT2D eigenvalue weighted by molar-refractivity contribution is 0.357. The zero-order chi connectivity index (χ0) is 13.2. The smallest absolute Gasteiger partial charge is 0.124 e. The summed E-state index contributed by atoms with van der Waals surface area (Å²) in [5.41, 5.74) is 1.12. The largest absolute Gasteiger partial charge is 0.489 e. The Labute approximate surface area is 110 Å². The van der Waals surface area contributed by atoms with Gasteiger partial charge in [-0.05, 0) is 12.5 Å². The summed E-state index contributed by atoms with van der Waals surface area (Å²) in [6.45, 7) is 7.02. The summed E-state index contributed by atoms with van der Waals surface area (Å²) in [6, 6.07) is 8.10. The number of rotatable bonds is 8. The van der Waals surface area contributed by atoms with Gasteiger partial charge in [-0.3, -0.25) is 5.32 Å². The summed E-state index contributed by atoms with van der Waals surface area (Å²) in [4.78, 5) is 0. The van der Waals surface area contributed by atoms with E-state index in [1.165, 1.54) is 0 Å². The van der Waals surface area contributed by atoms with Gasteiger partial charge in [-0.1, -0.05) is 50.1 Å². The summed E-state index contributed by atoms with van der Waals surface area (Å²) in [5.74, 6) is 3.65. The molecule has 0 spiro atoms. The van der Waals surface area contributed by atoms with E-state index in [1.54, 1.807) is 6.08 Å². The molecule has 1 aromatic carbocycles. The van der Waals surface area contributed by atoms with Crippen LogP contribution in [0.4, 0.5) is 0 Å². The first-order valence-electron chi connectivity index (χ1n) is 6.33. The topological polar surface area (TPSA) is 21.3 Å². The Bertz CT molecular complexity index is 406. The van der Waals surface area contributed by atoms with E-state index >= 15 is 0 Å². The standard InChI is InChI=1S/C16H21NO/c1-4-9-15(6-3)17-13-14-10-7-8-11-16(14)18-12-5-2/h3,5,7-8,10-11,15,17H,2,4,9,12-13H2,1H3. The minimum atomic E-state index is 0.127. The monoisotopic (exact) mass is 243 g/mol. The van der Waals surface area contributed by atoms with E-state index in [-0.39, 0.29) is 6.04 Å². The number of nitrogens with one attached hydrogen (secondary N) is 1. The molecule has 1 N–H and O–H groups in total. The Morgan fingerprint density at radius 1 is 1.50 bits per heavy atom. The average molecular weight is 243 g/mol. The molecule has 0 aliphatic carbocycles. The van der Waals surface area contributed by atoms with Gasteiger partial charge in [0, 0.05) is 12.1 Å². The van der Waals surface area contributed by atoms with Crippen LogP contribution in [0.2, 0.25) is 0 Å². The van der Waals surface area contributed by atoms with Gasteiger partial charge >= 0.3 is 0 Å². The molecule has 0 saturated heterocycles. The number of hydrogen-bond acceptors (Lipinski definition) is 2. The first-order chi connectivity index (χ1) is 8.81. The van der Waals surface area contributed by atoms with Crippen LogP contribution in [0.1, 0.15) is 25.3 Å².